The second-order valence-electron chi connectivity index (χ2n) is 8.24. The Kier molecular flexibility index (Phi) is 6.44. The molecule has 2 aliphatic heterocycles. The Morgan fingerprint density at radius 2 is 1.61 bits per heavy atom. The minimum atomic E-state index is -0.280. The molecule has 0 aliphatic carbocycles. The number of likely N-dealkylation sites (N-methyl/N-ethyl adjacent to an activating group) is 1. The van der Waals surface area contributed by atoms with Crippen LogP contribution in [0.5, 0.6) is 0 Å². The van der Waals surface area contributed by atoms with E-state index in [0.29, 0.717) is 17.5 Å². The van der Waals surface area contributed by atoms with E-state index in [-0.39, 0.29) is 30.7 Å². The summed E-state index contributed by atoms with van der Waals surface area (Å²) < 4.78 is 0. The molecule has 0 unspecified atom stereocenters. The summed E-state index contributed by atoms with van der Waals surface area (Å²) in [5, 5.41) is 2.94. The summed E-state index contributed by atoms with van der Waals surface area (Å²) in [6.45, 7) is 5.35. The van der Waals surface area contributed by atoms with Crippen molar-refractivity contribution >= 4 is 23.4 Å². The van der Waals surface area contributed by atoms with Gasteiger partial charge >= 0.3 is 0 Å². The lowest BCUT2D eigenvalue weighted by Crippen LogP contribution is -2.43. The number of fused-ring (bicyclic) bond motifs is 1. The van der Waals surface area contributed by atoms with Crippen LogP contribution >= 0.6 is 0 Å². The van der Waals surface area contributed by atoms with Crippen molar-refractivity contribution in [3.8, 4) is 0 Å². The van der Waals surface area contributed by atoms with Gasteiger partial charge in [-0.2, -0.15) is 0 Å². The monoisotopic (exact) mass is 420 g/mol. The van der Waals surface area contributed by atoms with Crippen LogP contribution in [-0.4, -0.2) is 72.2 Å². The molecule has 31 heavy (non-hydrogen) atoms. The first-order valence-corrected chi connectivity index (χ1v) is 10.8. The van der Waals surface area contributed by atoms with Crippen molar-refractivity contribution in [3.05, 3.63) is 65.2 Å². The number of carbonyl (C=O) groups is 3. The normalized spacial score (nSPS) is 17.1. The first-order chi connectivity index (χ1) is 15.0. The van der Waals surface area contributed by atoms with Gasteiger partial charge in [0.05, 0.1) is 11.1 Å². The third-order valence-corrected chi connectivity index (χ3v) is 5.88. The zero-order valence-corrected chi connectivity index (χ0v) is 17.8. The zero-order valence-electron chi connectivity index (χ0n) is 17.8. The molecule has 2 aromatic carbocycles. The van der Waals surface area contributed by atoms with Crippen molar-refractivity contribution < 1.29 is 14.4 Å². The summed E-state index contributed by atoms with van der Waals surface area (Å²) in [5.74, 6) is -0.677. The molecule has 0 aromatic heterocycles. The fourth-order valence-corrected chi connectivity index (χ4v) is 4.08. The molecule has 7 nitrogen and oxygen atoms in total. The van der Waals surface area contributed by atoms with E-state index in [1.54, 1.807) is 24.3 Å². The number of hydrogen-bond acceptors (Lipinski definition) is 5. The Morgan fingerprint density at radius 1 is 0.935 bits per heavy atom. The number of nitrogens with one attached hydrogen (secondary N) is 1. The summed E-state index contributed by atoms with van der Waals surface area (Å²) in [4.78, 5) is 43.2. The summed E-state index contributed by atoms with van der Waals surface area (Å²) in [7, 11) is 2.14. The highest BCUT2D eigenvalue weighted by Gasteiger charge is 2.34. The number of anilines is 1. The molecule has 2 heterocycles. The van der Waals surface area contributed by atoms with Crippen LogP contribution in [0.25, 0.3) is 0 Å². The van der Waals surface area contributed by atoms with E-state index >= 15 is 0 Å². The average molecular weight is 421 g/mol. The van der Waals surface area contributed by atoms with E-state index in [1.807, 2.05) is 18.2 Å². The summed E-state index contributed by atoms with van der Waals surface area (Å²) in [5.41, 5.74) is 2.83. The van der Waals surface area contributed by atoms with Gasteiger partial charge < -0.3 is 10.2 Å². The fraction of sp³-hybridized carbons (Fsp3) is 0.375. The van der Waals surface area contributed by atoms with Gasteiger partial charge in [-0.25, -0.2) is 0 Å². The quantitative estimate of drug-likeness (QED) is 0.697. The summed E-state index contributed by atoms with van der Waals surface area (Å²) in [6.07, 6.45) is 0.675. The van der Waals surface area contributed by atoms with Crippen LogP contribution < -0.4 is 5.32 Å². The van der Waals surface area contributed by atoms with Gasteiger partial charge in [0.2, 0.25) is 5.91 Å². The Labute approximate surface area is 182 Å². The molecule has 1 fully saturated rings. The second kappa shape index (κ2) is 9.41. The summed E-state index contributed by atoms with van der Waals surface area (Å²) in [6, 6.07) is 14.8. The van der Waals surface area contributed by atoms with E-state index in [9.17, 15) is 14.4 Å². The lowest BCUT2D eigenvalue weighted by Gasteiger charge is -2.32. The van der Waals surface area contributed by atoms with Gasteiger partial charge in [-0.15, -0.1) is 0 Å². The highest BCUT2D eigenvalue weighted by Crippen LogP contribution is 2.22. The van der Waals surface area contributed by atoms with E-state index in [2.05, 4.69) is 28.2 Å². The molecular weight excluding hydrogens is 392 g/mol. The van der Waals surface area contributed by atoms with Gasteiger partial charge in [-0.1, -0.05) is 24.3 Å². The van der Waals surface area contributed by atoms with Gasteiger partial charge in [0.25, 0.3) is 11.8 Å². The van der Waals surface area contributed by atoms with Gasteiger partial charge in [0.1, 0.15) is 0 Å². The first kappa shape index (κ1) is 21.2. The van der Waals surface area contributed by atoms with E-state index in [1.165, 1.54) is 10.5 Å². The molecule has 7 heteroatoms. The average Bonchev–Trinajstić information content (AvgIpc) is 3.01. The highest BCUT2D eigenvalue weighted by molar-refractivity contribution is 6.21. The molecule has 162 valence electrons. The van der Waals surface area contributed by atoms with Crippen molar-refractivity contribution in [2.75, 3.05) is 45.1 Å². The summed E-state index contributed by atoms with van der Waals surface area (Å²) >= 11 is 0. The minimum Gasteiger partial charge on any atom is -0.326 e. The zero-order chi connectivity index (χ0) is 21.8. The van der Waals surface area contributed by atoms with Crippen LogP contribution in [0.1, 0.15) is 39.1 Å². The van der Waals surface area contributed by atoms with Crippen molar-refractivity contribution in [2.45, 2.75) is 19.4 Å². The van der Waals surface area contributed by atoms with Crippen molar-refractivity contribution in [2.24, 2.45) is 0 Å². The molecular formula is C24H28N4O3. The molecule has 4 rings (SSSR count). The number of amides is 3. The third kappa shape index (κ3) is 5.00. The van der Waals surface area contributed by atoms with E-state index in [0.717, 1.165) is 38.4 Å². The van der Waals surface area contributed by atoms with Crippen molar-refractivity contribution in [1.82, 2.24) is 14.7 Å². The number of carbonyl (C=O) groups excluding carboxylic acids is 3. The maximum Gasteiger partial charge on any atom is 0.261 e. The molecule has 0 spiro atoms. The lowest BCUT2D eigenvalue weighted by molar-refractivity contribution is -0.116. The molecule has 0 bridgehead atoms. The molecule has 1 saturated heterocycles. The third-order valence-electron chi connectivity index (χ3n) is 5.88. The number of nitrogens with zero attached hydrogens (tertiary/aromatic N) is 3. The molecule has 3 amide bonds. The Bertz CT molecular complexity index is 947. The van der Waals surface area contributed by atoms with Crippen LogP contribution in [0.3, 0.4) is 0 Å². The molecule has 2 aliphatic rings. The fourth-order valence-electron chi connectivity index (χ4n) is 4.08. The Balaban J connectivity index is 1.25. The van der Waals surface area contributed by atoms with E-state index in [4.69, 9.17) is 0 Å². The smallest absolute Gasteiger partial charge is 0.261 e. The highest BCUT2D eigenvalue weighted by atomic mass is 16.2. The number of piperazine rings is 1. The predicted octanol–water partition coefficient (Wildman–Crippen LogP) is 2.45. The number of benzene rings is 2. The number of imide groups is 1. The SMILES string of the molecule is CN1CCN(Cc2cccc(NC(=O)CCCN3C(=O)c4ccccc4C3=O)c2)CC1. The second-order valence-corrected chi connectivity index (χ2v) is 8.24. The molecule has 0 saturated carbocycles. The Morgan fingerprint density at radius 3 is 2.29 bits per heavy atom. The molecule has 0 radical (unpaired) electrons. The van der Waals surface area contributed by atoms with Crippen LogP contribution in [0.2, 0.25) is 0 Å². The van der Waals surface area contributed by atoms with Crippen LogP contribution in [0.4, 0.5) is 5.69 Å². The van der Waals surface area contributed by atoms with Crippen LogP contribution in [0.15, 0.2) is 48.5 Å². The van der Waals surface area contributed by atoms with E-state index < -0.39 is 0 Å². The van der Waals surface area contributed by atoms with Crippen molar-refractivity contribution in [1.29, 1.82) is 0 Å². The number of rotatable bonds is 7. The molecule has 2 aromatic rings. The number of hydrogen-bond donors (Lipinski definition) is 1. The van der Waals surface area contributed by atoms with Gasteiger partial charge in [-0.05, 0) is 43.3 Å². The van der Waals surface area contributed by atoms with Gasteiger partial charge in [0.15, 0.2) is 0 Å². The predicted molar refractivity (Wildman–Crippen MR) is 119 cm³/mol. The maximum absolute atomic E-state index is 12.4. The minimum absolute atomic E-state index is 0.117. The molecule has 1 N–H and O–H groups in total. The van der Waals surface area contributed by atoms with Crippen LogP contribution in [-0.2, 0) is 11.3 Å². The topological polar surface area (TPSA) is 73.0 Å². The maximum atomic E-state index is 12.4. The lowest BCUT2D eigenvalue weighted by atomic mass is 10.1. The van der Waals surface area contributed by atoms with Gasteiger partial charge in [0, 0.05) is 51.4 Å². The standard InChI is InChI=1S/C24H28N4O3/c1-26-12-14-27(15-13-26)17-18-6-4-7-19(16-18)25-22(29)10-5-11-28-23(30)20-8-2-3-9-21(20)24(28)31/h2-4,6-9,16H,5,10-15,17H2,1H3,(H,25,29). The van der Waals surface area contributed by atoms with Crippen molar-refractivity contribution in [3.63, 3.8) is 0 Å². The van der Waals surface area contributed by atoms with Gasteiger partial charge in [-0.3, -0.25) is 24.2 Å². The first-order valence-electron chi connectivity index (χ1n) is 10.8. The molecule has 0 atom stereocenters. The Hall–Kier alpha value is -3.03. The van der Waals surface area contributed by atoms with Crippen LogP contribution in [0, 0.1) is 0 Å². The largest absolute Gasteiger partial charge is 0.326 e.